The van der Waals surface area contributed by atoms with Gasteiger partial charge in [0.1, 0.15) is 16.4 Å². The van der Waals surface area contributed by atoms with Crippen molar-refractivity contribution in [2.75, 3.05) is 20.8 Å². The van der Waals surface area contributed by atoms with E-state index in [4.69, 9.17) is 9.47 Å². The fourth-order valence-corrected chi connectivity index (χ4v) is 5.42. The molecule has 0 atom stereocenters. The van der Waals surface area contributed by atoms with Gasteiger partial charge in [0.05, 0.1) is 20.8 Å². The van der Waals surface area contributed by atoms with E-state index in [1.807, 2.05) is 30.3 Å². The summed E-state index contributed by atoms with van der Waals surface area (Å²) in [5.41, 5.74) is 4.30. The Morgan fingerprint density at radius 2 is 1.65 bits per heavy atom. The van der Waals surface area contributed by atoms with Gasteiger partial charge in [-0.15, -0.1) is 0 Å². The van der Waals surface area contributed by atoms with E-state index in [0.29, 0.717) is 5.75 Å². The molecule has 0 radical (unpaired) electrons. The maximum atomic E-state index is 13.6. The molecule has 1 amide bonds. The van der Waals surface area contributed by atoms with Crippen LogP contribution in [0.15, 0.2) is 58.5 Å². The van der Waals surface area contributed by atoms with Crippen molar-refractivity contribution in [1.82, 2.24) is 9.73 Å². The van der Waals surface area contributed by atoms with Gasteiger partial charge in [-0.05, 0) is 43.4 Å². The highest BCUT2D eigenvalue weighted by Crippen LogP contribution is 2.31. The number of nitrogens with one attached hydrogen (secondary N) is 1. The largest absolute Gasteiger partial charge is 0.497 e. The van der Waals surface area contributed by atoms with Crippen LogP contribution in [0.5, 0.6) is 11.5 Å². The number of ether oxygens (including phenoxy) is 2. The molecular formula is C25H33N3O5S. The third-order valence-electron chi connectivity index (χ3n) is 5.78. The molecule has 0 bridgehead atoms. The number of amides is 1. The minimum Gasteiger partial charge on any atom is -0.497 e. The standard InChI is InChI=1S/C25H33N3O5S/c1-32-22-15-16-24(23(17-22)33-2)34(30,31)28(18-20-11-7-6-8-12-20)19-25(29)27-26-21-13-9-4-3-5-10-14-21/h6-8,11-12,15-17H,3-5,9-10,13-14,18-19H2,1-2H3,(H,27,29). The van der Waals surface area contributed by atoms with Crippen LogP contribution in [-0.4, -0.2) is 45.1 Å². The summed E-state index contributed by atoms with van der Waals surface area (Å²) >= 11 is 0. The topological polar surface area (TPSA) is 97.3 Å². The second kappa shape index (κ2) is 12.5. The molecule has 0 aliphatic heterocycles. The molecule has 3 rings (SSSR count). The van der Waals surface area contributed by atoms with Crippen LogP contribution in [0.25, 0.3) is 0 Å². The van der Waals surface area contributed by atoms with Crippen LogP contribution in [0.4, 0.5) is 0 Å². The van der Waals surface area contributed by atoms with Crippen LogP contribution in [0.2, 0.25) is 0 Å². The quantitative estimate of drug-likeness (QED) is 0.537. The zero-order valence-corrected chi connectivity index (χ0v) is 20.6. The number of hydrazone groups is 1. The van der Waals surface area contributed by atoms with Crippen LogP contribution in [0, 0.1) is 0 Å². The lowest BCUT2D eigenvalue weighted by Crippen LogP contribution is -2.39. The molecule has 1 aliphatic carbocycles. The van der Waals surface area contributed by atoms with Gasteiger partial charge >= 0.3 is 0 Å². The highest BCUT2D eigenvalue weighted by molar-refractivity contribution is 7.89. The predicted molar refractivity (Wildman–Crippen MR) is 131 cm³/mol. The average Bonchev–Trinajstić information content (AvgIpc) is 2.83. The predicted octanol–water partition coefficient (Wildman–Crippen LogP) is 4.11. The Kier molecular flexibility index (Phi) is 9.47. The van der Waals surface area contributed by atoms with Gasteiger partial charge in [0.25, 0.3) is 5.91 Å². The van der Waals surface area contributed by atoms with E-state index in [1.54, 1.807) is 6.07 Å². The fraction of sp³-hybridized carbons (Fsp3) is 0.440. The van der Waals surface area contributed by atoms with E-state index in [0.717, 1.165) is 41.3 Å². The van der Waals surface area contributed by atoms with E-state index >= 15 is 0 Å². The number of nitrogens with zero attached hydrogens (tertiary/aromatic N) is 2. The van der Waals surface area contributed by atoms with Crippen molar-refractivity contribution in [1.29, 1.82) is 0 Å². The van der Waals surface area contributed by atoms with Gasteiger partial charge in [-0.3, -0.25) is 4.79 Å². The first-order valence-electron chi connectivity index (χ1n) is 11.5. The lowest BCUT2D eigenvalue weighted by atomic mass is 9.99. The number of hydrogen-bond acceptors (Lipinski definition) is 6. The monoisotopic (exact) mass is 487 g/mol. The molecule has 34 heavy (non-hydrogen) atoms. The third kappa shape index (κ3) is 7.04. The summed E-state index contributed by atoms with van der Waals surface area (Å²) in [4.78, 5) is 12.8. The molecule has 0 unspecified atom stereocenters. The molecule has 1 fully saturated rings. The SMILES string of the molecule is COc1ccc(S(=O)(=O)N(CC(=O)NN=C2CCCCCCC2)Cc2ccccc2)c(OC)c1. The first-order chi connectivity index (χ1) is 16.4. The first-order valence-corrected chi connectivity index (χ1v) is 13.0. The van der Waals surface area contributed by atoms with Crippen LogP contribution < -0.4 is 14.9 Å². The molecule has 0 aromatic heterocycles. The molecule has 1 aliphatic rings. The molecule has 8 nitrogen and oxygen atoms in total. The van der Waals surface area contributed by atoms with Crippen molar-refractivity contribution in [3.63, 3.8) is 0 Å². The van der Waals surface area contributed by atoms with Crippen molar-refractivity contribution >= 4 is 21.6 Å². The summed E-state index contributed by atoms with van der Waals surface area (Å²) in [5, 5.41) is 4.31. The zero-order valence-electron chi connectivity index (χ0n) is 19.8. The van der Waals surface area contributed by atoms with E-state index in [-0.39, 0.29) is 23.7 Å². The number of hydrogen-bond donors (Lipinski definition) is 1. The van der Waals surface area contributed by atoms with E-state index in [9.17, 15) is 13.2 Å². The summed E-state index contributed by atoms with van der Waals surface area (Å²) in [6, 6.07) is 13.6. The molecular weight excluding hydrogens is 454 g/mol. The summed E-state index contributed by atoms with van der Waals surface area (Å²) in [6.07, 6.45) is 7.39. The molecule has 184 valence electrons. The molecule has 2 aromatic rings. The molecule has 1 N–H and O–H groups in total. The molecule has 0 spiro atoms. The summed E-state index contributed by atoms with van der Waals surface area (Å²) in [7, 11) is -1.18. The zero-order chi connectivity index (χ0) is 24.4. The number of methoxy groups -OCH3 is 2. The number of sulfonamides is 1. The Morgan fingerprint density at radius 3 is 2.29 bits per heavy atom. The Balaban J connectivity index is 1.84. The van der Waals surface area contributed by atoms with Gasteiger partial charge in [-0.1, -0.05) is 49.6 Å². The normalized spacial score (nSPS) is 14.7. The first kappa shape index (κ1) is 25.7. The van der Waals surface area contributed by atoms with Crippen LogP contribution in [-0.2, 0) is 21.4 Å². The Labute approximate surface area is 202 Å². The van der Waals surface area contributed by atoms with Crippen molar-refractivity contribution in [3.8, 4) is 11.5 Å². The lowest BCUT2D eigenvalue weighted by molar-refractivity contribution is -0.121. The molecule has 2 aromatic carbocycles. The van der Waals surface area contributed by atoms with Gasteiger partial charge in [-0.25, -0.2) is 13.8 Å². The molecule has 0 saturated heterocycles. The Bertz CT molecular complexity index is 1080. The maximum absolute atomic E-state index is 13.6. The second-order valence-corrected chi connectivity index (χ2v) is 10.2. The van der Waals surface area contributed by atoms with Crippen molar-refractivity contribution < 1.29 is 22.7 Å². The maximum Gasteiger partial charge on any atom is 0.255 e. The molecule has 1 saturated carbocycles. The smallest absolute Gasteiger partial charge is 0.255 e. The van der Waals surface area contributed by atoms with Gasteiger partial charge in [0, 0.05) is 18.3 Å². The average molecular weight is 488 g/mol. The Morgan fingerprint density at radius 1 is 0.971 bits per heavy atom. The van der Waals surface area contributed by atoms with Crippen molar-refractivity contribution in [2.24, 2.45) is 5.10 Å². The Hall–Kier alpha value is -2.91. The second-order valence-electron chi connectivity index (χ2n) is 8.26. The third-order valence-corrected chi connectivity index (χ3v) is 7.61. The van der Waals surface area contributed by atoms with Crippen LogP contribution >= 0.6 is 0 Å². The van der Waals surface area contributed by atoms with Crippen LogP contribution in [0.1, 0.15) is 50.5 Å². The summed E-state index contributed by atoms with van der Waals surface area (Å²) in [6.45, 7) is -0.342. The molecule has 9 heteroatoms. The van der Waals surface area contributed by atoms with Gasteiger partial charge in [-0.2, -0.15) is 9.41 Å². The highest BCUT2D eigenvalue weighted by atomic mass is 32.2. The minimum absolute atomic E-state index is 0.0301. The number of rotatable bonds is 9. The van der Waals surface area contributed by atoms with E-state index in [1.165, 1.54) is 45.6 Å². The highest BCUT2D eigenvalue weighted by Gasteiger charge is 2.30. The molecule has 0 heterocycles. The number of benzene rings is 2. The fourth-order valence-electron chi connectivity index (χ4n) is 3.90. The van der Waals surface area contributed by atoms with Crippen molar-refractivity contribution in [3.05, 3.63) is 54.1 Å². The van der Waals surface area contributed by atoms with Crippen molar-refractivity contribution in [2.45, 2.75) is 56.4 Å². The van der Waals surface area contributed by atoms with Gasteiger partial charge in [0.15, 0.2) is 0 Å². The summed E-state index contributed by atoms with van der Waals surface area (Å²) in [5.74, 6) is 0.132. The van der Waals surface area contributed by atoms with Crippen LogP contribution in [0.3, 0.4) is 0 Å². The number of carbonyl (C=O) groups is 1. The minimum atomic E-state index is -4.07. The number of carbonyl (C=O) groups excluding carboxylic acids is 1. The van der Waals surface area contributed by atoms with E-state index < -0.39 is 15.9 Å². The van der Waals surface area contributed by atoms with Gasteiger partial charge < -0.3 is 9.47 Å². The lowest BCUT2D eigenvalue weighted by Gasteiger charge is -2.23. The summed E-state index contributed by atoms with van der Waals surface area (Å²) < 4.78 is 38.9. The van der Waals surface area contributed by atoms with Gasteiger partial charge in [0.2, 0.25) is 10.0 Å². The van der Waals surface area contributed by atoms with E-state index in [2.05, 4.69) is 10.5 Å².